The highest BCUT2D eigenvalue weighted by atomic mass is 16.5. The molecule has 0 saturated heterocycles. The molecule has 9 nitrogen and oxygen atoms in total. The van der Waals surface area contributed by atoms with Gasteiger partial charge < -0.3 is 15.4 Å². The standard InChI is InChI=1S/C17H18N6O3/c1-22-12-14(11-19-22)21-17(25)16(24)20-13-4-2-5-15(10-13)26-9-8-23-7-3-6-18-23/h2-7,10-12H,8-9H2,1H3,(H,20,24)(H,21,25). The van der Waals surface area contributed by atoms with E-state index in [1.807, 2.05) is 12.3 Å². The average molecular weight is 354 g/mol. The van der Waals surface area contributed by atoms with Crippen LogP contribution in [-0.4, -0.2) is 38.0 Å². The fourth-order valence-corrected chi connectivity index (χ4v) is 2.21. The maximum absolute atomic E-state index is 12.0. The van der Waals surface area contributed by atoms with Crippen LogP contribution < -0.4 is 15.4 Å². The summed E-state index contributed by atoms with van der Waals surface area (Å²) in [5.41, 5.74) is 0.913. The number of nitrogens with zero attached hydrogens (tertiary/aromatic N) is 4. The summed E-state index contributed by atoms with van der Waals surface area (Å²) in [6, 6.07) is 8.67. The van der Waals surface area contributed by atoms with Crippen molar-refractivity contribution >= 4 is 23.2 Å². The number of aromatic nitrogens is 4. The Kier molecular flexibility index (Phi) is 5.28. The van der Waals surface area contributed by atoms with Crippen LogP contribution in [0.1, 0.15) is 0 Å². The highest BCUT2D eigenvalue weighted by molar-refractivity contribution is 6.43. The van der Waals surface area contributed by atoms with E-state index < -0.39 is 11.8 Å². The van der Waals surface area contributed by atoms with Crippen molar-refractivity contribution in [2.24, 2.45) is 7.05 Å². The van der Waals surface area contributed by atoms with Gasteiger partial charge >= 0.3 is 11.8 Å². The molecule has 0 fully saturated rings. The fourth-order valence-electron chi connectivity index (χ4n) is 2.21. The number of carbonyl (C=O) groups is 2. The van der Waals surface area contributed by atoms with Crippen LogP contribution in [0.3, 0.4) is 0 Å². The SMILES string of the molecule is Cn1cc(NC(=O)C(=O)Nc2cccc(OCCn3cccn3)c2)cn1. The van der Waals surface area contributed by atoms with Crippen molar-refractivity contribution in [1.29, 1.82) is 0 Å². The largest absolute Gasteiger partial charge is 0.492 e. The maximum Gasteiger partial charge on any atom is 0.314 e. The maximum atomic E-state index is 12.0. The summed E-state index contributed by atoms with van der Waals surface area (Å²) >= 11 is 0. The highest BCUT2D eigenvalue weighted by Crippen LogP contribution is 2.17. The minimum Gasteiger partial charge on any atom is -0.492 e. The second kappa shape index (κ2) is 7.97. The van der Waals surface area contributed by atoms with Crippen molar-refractivity contribution in [2.75, 3.05) is 17.2 Å². The van der Waals surface area contributed by atoms with E-state index in [0.717, 1.165) is 0 Å². The molecule has 3 aromatic rings. The Hall–Kier alpha value is -3.62. The number of rotatable bonds is 6. The first kappa shape index (κ1) is 17.2. The van der Waals surface area contributed by atoms with Crippen molar-refractivity contribution in [3.63, 3.8) is 0 Å². The molecule has 134 valence electrons. The Morgan fingerprint density at radius 3 is 2.62 bits per heavy atom. The number of benzene rings is 1. The van der Waals surface area contributed by atoms with Crippen LogP contribution in [0, 0.1) is 0 Å². The number of ether oxygens (including phenoxy) is 1. The van der Waals surface area contributed by atoms with E-state index in [1.54, 1.807) is 48.4 Å². The molecule has 0 atom stereocenters. The molecule has 0 bridgehead atoms. The van der Waals surface area contributed by atoms with E-state index in [1.165, 1.54) is 10.9 Å². The van der Waals surface area contributed by atoms with Crippen LogP contribution in [0.15, 0.2) is 55.1 Å². The smallest absolute Gasteiger partial charge is 0.314 e. The molecule has 0 aliphatic heterocycles. The summed E-state index contributed by atoms with van der Waals surface area (Å²) in [6.07, 6.45) is 6.60. The lowest BCUT2D eigenvalue weighted by Crippen LogP contribution is -2.28. The van der Waals surface area contributed by atoms with Gasteiger partial charge in [-0.3, -0.25) is 19.0 Å². The van der Waals surface area contributed by atoms with E-state index in [2.05, 4.69) is 20.8 Å². The first-order chi connectivity index (χ1) is 12.6. The molecule has 0 aliphatic carbocycles. The lowest BCUT2D eigenvalue weighted by molar-refractivity contribution is -0.133. The molecule has 0 aliphatic rings. The summed E-state index contributed by atoms with van der Waals surface area (Å²) < 4.78 is 8.92. The predicted molar refractivity (Wildman–Crippen MR) is 94.6 cm³/mol. The van der Waals surface area contributed by atoms with Crippen LogP contribution in [0.2, 0.25) is 0 Å². The van der Waals surface area contributed by atoms with Gasteiger partial charge in [-0.15, -0.1) is 0 Å². The van der Waals surface area contributed by atoms with Crippen molar-refractivity contribution in [2.45, 2.75) is 6.54 Å². The predicted octanol–water partition coefficient (Wildman–Crippen LogP) is 1.27. The quantitative estimate of drug-likeness (QED) is 0.649. The average Bonchev–Trinajstić information content (AvgIpc) is 3.27. The molecular weight excluding hydrogens is 336 g/mol. The van der Waals surface area contributed by atoms with Crippen molar-refractivity contribution < 1.29 is 14.3 Å². The van der Waals surface area contributed by atoms with Gasteiger partial charge in [0.15, 0.2) is 0 Å². The highest BCUT2D eigenvalue weighted by Gasteiger charge is 2.15. The third-order valence-corrected chi connectivity index (χ3v) is 3.41. The lowest BCUT2D eigenvalue weighted by Gasteiger charge is -2.09. The van der Waals surface area contributed by atoms with Gasteiger partial charge in [-0.25, -0.2) is 0 Å². The zero-order valence-electron chi connectivity index (χ0n) is 14.1. The van der Waals surface area contributed by atoms with Crippen LogP contribution in [0.25, 0.3) is 0 Å². The minimum absolute atomic E-state index is 0.431. The van der Waals surface area contributed by atoms with E-state index >= 15 is 0 Å². The number of hydrogen-bond donors (Lipinski definition) is 2. The van der Waals surface area contributed by atoms with Gasteiger partial charge in [0.2, 0.25) is 0 Å². The Balaban J connectivity index is 1.52. The van der Waals surface area contributed by atoms with E-state index in [-0.39, 0.29) is 0 Å². The zero-order valence-corrected chi connectivity index (χ0v) is 14.1. The topological polar surface area (TPSA) is 103 Å². The van der Waals surface area contributed by atoms with Gasteiger partial charge in [0, 0.05) is 37.4 Å². The molecule has 2 N–H and O–H groups in total. The second-order valence-electron chi connectivity index (χ2n) is 5.46. The van der Waals surface area contributed by atoms with E-state index in [9.17, 15) is 9.59 Å². The number of carbonyl (C=O) groups excluding carboxylic acids is 2. The Bertz CT molecular complexity index is 888. The lowest BCUT2D eigenvalue weighted by atomic mass is 10.3. The molecular formula is C17H18N6O3. The summed E-state index contributed by atoms with van der Waals surface area (Å²) in [7, 11) is 1.72. The molecule has 9 heteroatoms. The molecule has 0 spiro atoms. The van der Waals surface area contributed by atoms with Gasteiger partial charge in [0.05, 0.1) is 18.4 Å². The number of aryl methyl sites for hydroxylation is 1. The van der Waals surface area contributed by atoms with Gasteiger partial charge in [0.25, 0.3) is 0 Å². The summed E-state index contributed by atoms with van der Waals surface area (Å²) in [5, 5.41) is 13.0. The van der Waals surface area contributed by atoms with Crippen LogP contribution in [0.5, 0.6) is 5.75 Å². The third-order valence-electron chi connectivity index (χ3n) is 3.41. The number of amides is 2. The van der Waals surface area contributed by atoms with E-state index in [0.29, 0.717) is 30.3 Å². The third kappa shape index (κ3) is 4.69. The number of nitrogens with one attached hydrogen (secondary N) is 2. The van der Waals surface area contributed by atoms with Crippen LogP contribution in [-0.2, 0) is 23.2 Å². The van der Waals surface area contributed by atoms with Gasteiger partial charge in [-0.2, -0.15) is 10.2 Å². The Morgan fingerprint density at radius 2 is 1.92 bits per heavy atom. The molecule has 26 heavy (non-hydrogen) atoms. The molecule has 2 aromatic heterocycles. The monoisotopic (exact) mass is 354 g/mol. The summed E-state index contributed by atoms with van der Waals surface area (Å²) in [5.74, 6) is -0.965. The van der Waals surface area contributed by atoms with Crippen LogP contribution >= 0.6 is 0 Å². The fraction of sp³-hybridized carbons (Fsp3) is 0.176. The van der Waals surface area contributed by atoms with Crippen molar-refractivity contribution in [3.8, 4) is 5.75 Å². The molecule has 3 rings (SSSR count). The molecule has 0 radical (unpaired) electrons. The normalized spacial score (nSPS) is 10.3. The van der Waals surface area contributed by atoms with Gasteiger partial charge in [-0.1, -0.05) is 6.07 Å². The molecule has 1 aromatic carbocycles. The first-order valence-electron chi connectivity index (χ1n) is 7.91. The summed E-state index contributed by atoms with van der Waals surface area (Å²) in [6.45, 7) is 1.04. The van der Waals surface area contributed by atoms with Gasteiger partial charge in [0.1, 0.15) is 12.4 Å². The molecule has 0 unspecified atom stereocenters. The Morgan fingerprint density at radius 1 is 1.12 bits per heavy atom. The minimum atomic E-state index is -0.775. The summed E-state index contributed by atoms with van der Waals surface area (Å²) in [4.78, 5) is 23.9. The van der Waals surface area contributed by atoms with Crippen molar-refractivity contribution in [3.05, 3.63) is 55.1 Å². The number of hydrogen-bond acceptors (Lipinski definition) is 5. The van der Waals surface area contributed by atoms with E-state index in [4.69, 9.17) is 4.74 Å². The first-order valence-corrected chi connectivity index (χ1v) is 7.91. The van der Waals surface area contributed by atoms with Crippen molar-refractivity contribution in [1.82, 2.24) is 19.6 Å². The van der Waals surface area contributed by atoms with Crippen LogP contribution in [0.4, 0.5) is 11.4 Å². The number of anilines is 2. The van der Waals surface area contributed by atoms with Gasteiger partial charge in [-0.05, 0) is 18.2 Å². The molecule has 2 heterocycles. The Labute approximate surface area is 149 Å². The molecule has 2 amide bonds. The second-order valence-corrected chi connectivity index (χ2v) is 5.46. The zero-order chi connectivity index (χ0) is 18.4. The molecule has 0 saturated carbocycles.